The molecule has 30 heavy (non-hydrogen) atoms. The summed E-state index contributed by atoms with van der Waals surface area (Å²) >= 11 is 0. The van der Waals surface area contributed by atoms with Gasteiger partial charge in [-0.25, -0.2) is 4.68 Å². The van der Waals surface area contributed by atoms with E-state index < -0.39 is 24.2 Å². The Morgan fingerprint density at radius 2 is 2.10 bits per heavy atom. The number of nitrogens with zero attached hydrogens (tertiary/aromatic N) is 2. The van der Waals surface area contributed by atoms with Gasteiger partial charge in [0, 0.05) is 19.6 Å². The lowest BCUT2D eigenvalue weighted by atomic mass is 9.95. The van der Waals surface area contributed by atoms with Crippen molar-refractivity contribution in [1.29, 1.82) is 0 Å². The standard InChI is InChI=1S/C21H25F3N4O2/c1-2-13-5-7-14(8-6-13)17-10-18(21(22,23)24)28-19(27-17)16(12-26-28)20(29)25-11-15-4-3-9-30-15/h5-8,12,15,17-18,27H,2-4,9-11H2,1H3,(H,25,29)/t15-,17+,18-/m1/s1. The Kier molecular flexibility index (Phi) is 5.73. The smallest absolute Gasteiger partial charge is 0.376 e. The van der Waals surface area contributed by atoms with Crippen molar-refractivity contribution in [3.8, 4) is 0 Å². The van der Waals surface area contributed by atoms with Crippen molar-refractivity contribution in [3.63, 3.8) is 0 Å². The van der Waals surface area contributed by atoms with Crippen LogP contribution in [0, 0.1) is 0 Å². The number of alkyl halides is 3. The highest BCUT2D eigenvalue weighted by Crippen LogP contribution is 2.44. The predicted molar refractivity (Wildman–Crippen MR) is 105 cm³/mol. The largest absolute Gasteiger partial charge is 0.410 e. The molecule has 4 rings (SSSR count). The summed E-state index contributed by atoms with van der Waals surface area (Å²) in [7, 11) is 0. The lowest BCUT2D eigenvalue weighted by Crippen LogP contribution is -2.37. The average molecular weight is 422 g/mol. The van der Waals surface area contributed by atoms with E-state index in [1.54, 1.807) is 0 Å². The Hall–Kier alpha value is -2.55. The molecule has 1 saturated heterocycles. The number of amides is 1. The molecule has 6 nitrogen and oxygen atoms in total. The van der Waals surface area contributed by atoms with Crippen molar-refractivity contribution in [3.05, 3.63) is 47.2 Å². The third-order valence-corrected chi connectivity index (χ3v) is 5.79. The Balaban J connectivity index is 1.59. The number of benzene rings is 1. The van der Waals surface area contributed by atoms with E-state index in [0.717, 1.165) is 35.1 Å². The van der Waals surface area contributed by atoms with Crippen LogP contribution in [0.4, 0.5) is 19.0 Å². The average Bonchev–Trinajstić information content (AvgIpc) is 3.40. The van der Waals surface area contributed by atoms with Crippen molar-refractivity contribution in [2.24, 2.45) is 0 Å². The zero-order valence-corrected chi connectivity index (χ0v) is 16.7. The zero-order valence-electron chi connectivity index (χ0n) is 16.7. The number of rotatable bonds is 5. The van der Waals surface area contributed by atoms with Gasteiger partial charge in [-0.1, -0.05) is 31.2 Å². The highest BCUT2D eigenvalue weighted by Gasteiger charge is 2.47. The predicted octanol–water partition coefficient (Wildman–Crippen LogP) is 4.01. The molecular formula is C21H25F3N4O2. The molecule has 0 saturated carbocycles. The quantitative estimate of drug-likeness (QED) is 0.764. The first-order chi connectivity index (χ1) is 14.4. The molecule has 162 valence electrons. The minimum atomic E-state index is -4.48. The van der Waals surface area contributed by atoms with Crippen molar-refractivity contribution < 1.29 is 22.7 Å². The topological polar surface area (TPSA) is 68.2 Å². The summed E-state index contributed by atoms with van der Waals surface area (Å²) in [5.74, 6) is -0.361. The Morgan fingerprint density at radius 1 is 1.33 bits per heavy atom. The molecule has 0 bridgehead atoms. The van der Waals surface area contributed by atoms with Crippen LogP contribution in [0.15, 0.2) is 30.5 Å². The van der Waals surface area contributed by atoms with Crippen LogP contribution in [-0.4, -0.2) is 41.1 Å². The number of halogens is 3. The van der Waals surface area contributed by atoms with Crippen molar-refractivity contribution in [2.45, 2.75) is 57.0 Å². The van der Waals surface area contributed by atoms with Crippen LogP contribution < -0.4 is 10.6 Å². The number of aryl methyl sites for hydroxylation is 1. The normalized spacial score (nSPS) is 23.7. The molecule has 2 N–H and O–H groups in total. The van der Waals surface area contributed by atoms with Crippen LogP contribution in [-0.2, 0) is 11.2 Å². The van der Waals surface area contributed by atoms with Crippen molar-refractivity contribution in [1.82, 2.24) is 15.1 Å². The number of hydrogen-bond acceptors (Lipinski definition) is 4. The van der Waals surface area contributed by atoms with Gasteiger partial charge in [0.2, 0.25) is 0 Å². The van der Waals surface area contributed by atoms with E-state index in [0.29, 0.717) is 13.2 Å². The van der Waals surface area contributed by atoms with Gasteiger partial charge in [-0.15, -0.1) is 0 Å². The van der Waals surface area contributed by atoms with Crippen LogP contribution >= 0.6 is 0 Å². The zero-order chi connectivity index (χ0) is 21.3. The molecule has 1 aromatic heterocycles. The van der Waals surface area contributed by atoms with Gasteiger partial charge in [0.25, 0.3) is 5.91 Å². The van der Waals surface area contributed by atoms with E-state index in [1.165, 1.54) is 6.20 Å². The van der Waals surface area contributed by atoms with Crippen LogP contribution in [0.2, 0.25) is 0 Å². The first-order valence-corrected chi connectivity index (χ1v) is 10.3. The number of anilines is 1. The van der Waals surface area contributed by atoms with Gasteiger partial charge >= 0.3 is 6.18 Å². The van der Waals surface area contributed by atoms with Gasteiger partial charge in [-0.2, -0.15) is 18.3 Å². The van der Waals surface area contributed by atoms with E-state index in [2.05, 4.69) is 15.7 Å². The van der Waals surface area contributed by atoms with Crippen LogP contribution in [0.1, 0.15) is 59.8 Å². The summed E-state index contributed by atoms with van der Waals surface area (Å²) in [6, 6.07) is 5.14. The summed E-state index contributed by atoms with van der Waals surface area (Å²) < 4.78 is 47.7. The summed E-state index contributed by atoms with van der Waals surface area (Å²) in [6.07, 6.45) is -0.870. The summed E-state index contributed by atoms with van der Waals surface area (Å²) in [6.45, 7) is 3.01. The molecule has 0 aliphatic carbocycles. The molecular weight excluding hydrogens is 397 g/mol. The van der Waals surface area contributed by atoms with E-state index >= 15 is 0 Å². The fourth-order valence-corrected chi connectivity index (χ4v) is 4.04. The summed E-state index contributed by atoms with van der Waals surface area (Å²) in [5.41, 5.74) is 1.97. The third kappa shape index (κ3) is 4.16. The summed E-state index contributed by atoms with van der Waals surface area (Å²) in [4.78, 5) is 12.7. The second kappa shape index (κ2) is 8.29. The van der Waals surface area contributed by atoms with Crippen LogP contribution in [0.5, 0.6) is 0 Å². The number of aromatic nitrogens is 2. The second-order valence-electron chi connectivity index (χ2n) is 7.78. The van der Waals surface area contributed by atoms with Gasteiger partial charge in [0.05, 0.1) is 18.3 Å². The van der Waals surface area contributed by atoms with E-state index in [4.69, 9.17) is 4.74 Å². The lowest BCUT2D eigenvalue weighted by Gasteiger charge is -2.34. The molecule has 2 aliphatic heterocycles. The van der Waals surface area contributed by atoms with Gasteiger partial charge in [-0.05, 0) is 30.4 Å². The molecule has 0 radical (unpaired) electrons. The fourth-order valence-electron chi connectivity index (χ4n) is 4.04. The maximum Gasteiger partial charge on any atom is 0.410 e. The first-order valence-electron chi connectivity index (χ1n) is 10.3. The van der Waals surface area contributed by atoms with Crippen LogP contribution in [0.3, 0.4) is 0 Å². The number of carbonyl (C=O) groups excluding carboxylic acids is 1. The van der Waals surface area contributed by atoms with Gasteiger partial charge in [0.15, 0.2) is 6.04 Å². The molecule has 1 fully saturated rings. The number of nitrogens with one attached hydrogen (secondary N) is 2. The highest BCUT2D eigenvalue weighted by molar-refractivity contribution is 5.98. The van der Waals surface area contributed by atoms with Crippen molar-refractivity contribution in [2.75, 3.05) is 18.5 Å². The SMILES string of the molecule is CCc1ccc([C@@H]2C[C@H](C(F)(F)F)n3ncc(C(=O)NC[C@H]4CCCO4)c3N2)cc1. The maximum absolute atomic E-state index is 13.8. The van der Waals surface area contributed by atoms with Gasteiger partial charge in [-0.3, -0.25) is 4.79 Å². The number of ether oxygens (including phenoxy) is 1. The molecule has 3 atom stereocenters. The van der Waals surface area contributed by atoms with E-state index in [-0.39, 0.29) is 23.9 Å². The molecule has 1 aromatic carbocycles. The monoisotopic (exact) mass is 422 g/mol. The Bertz CT molecular complexity index is 889. The van der Waals surface area contributed by atoms with Gasteiger partial charge in [0.1, 0.15) is 11.4 Å². The number of fused-ring (bicyclic) bond motifs is 1. The molecule has 1 amide bonds. The molecule has 2 aliphatic rings. The fraction of sp³-hybridized carbons (Fsp3) is 0.524. The molecule has 0 unspecified atom stereocenters. The highest BCUT2D eigenvalue weighted by atomic mass is 19.4. The number of hydrogen-bond donors (Lipinski definition) is 2. The molecule has 3 heterocycles. The van der Waals surface area contributed by atoms with Crippen molar-refractivity contribution >= 4 is 11.7 Å². The minimum Gasteiger partial charge on any atom is -0.376 e. The first kappa shape index (κ1) is 20.7. The second-order valence-corrected chi connectivity index (χ2v) is 7.78. The Labute approximate surface area is 172 Å². The minimum absolute atomic E-state index is 0.0546. The maximum atomic E-state index is 13.8. The molecule has 2 aromatic rings. The van der Waals surface area contributed by atoms with E-state index in [1.807, 2.05) is 31.2 Å². The van der Waals surface area contributed by atoms with E-state index in [9.17, 15) is 18.0 Å². The molecule has 9 heteroatoms. The molecule has 0 spiro atoms. The lowest BCUT2D eigenvalue weighted by molar-refractivity contribution is -0.173. The van der Waals surface area contributed by atoms with Crippen LogP contribution in [0.25, 0.3) is 0 Å². The third-order valence-electron chi connectivity index (χ3n) is 5.79. The Morgan fingerprint density at radius 3 is 2.73 bits per heavy atom. The van der Waals surface area contributed by atoms with Gasteiger partial charge < -0.3 is 15.4 Å². The summed E-state index contributed by atoms with van der Waals surface area (Å²) in [5, 5.41) is 9.78. The number of carbonyl (C=O) groups is 1.